The van der Waals surface area contributed by atoms with Gasteiger partial charge in [0.05, 0.1) is 18.5 Å². The van der Waals surface area contributed by atoms with Crippen LogP contribution in [-0.4, -0.2) is 34.6 Å². The number of aromatic amines is 1. The molecule has 2 aromatic carbocycles. The predicted octanol–water partition coefficient (Wildman–Crippen LogP) is 3.06. The van der Waals surface area contributed by atoms with Gasteiger partial charge in [-0.1, -0.05) is 12.1 Å². The minimum atomic E-state index is -0.982. The lowest BCUT2D eigenvalue weighted by Crippen LogP contribution is -2.36. The second-order valence-corrected chi connectivity index (χ2v) is 6.53. The highest BCUT2D eigenvalue weighted by atomic mass is 16.5. The van der Waals surface area contributed by atoms with E-state index in [2.05, 4.69) is 20.4 Å². The Kier molecular flexibility index (Phi) is 4.82. The molecule has 0 bridgehead atoms. The number of carbonyl (C=O) groups is 2. The Morgan fingerprint density at radius 2 is 2.00 bits per heavy atom. The summed E-state index contributed by atoms with van der Waals surface area (Å²) in [6.45, 7) is 1.67. The Morgan fingerprint density at radius 1 is 1.21 bits per heavy atom. The van der Waals surface area contributed by atoms with Crippen molar-refractivity contribution in [2.45, 2.75) is 6.92 Å². The fourth-order valence-electron chi connectivity index (χ4n) is 3.16. The molecule has 0 spiro atoms. The van der Waals surface area contributed by atoms with Gasteiger partial charge < -0.3 is 15.0 Å². The number of benzene rings is 2. The zero-order valence-corrected chi connectivity index (χ0v) is 15.9. The third-order valence-corrected chi connectivity index (χ3v) is 4.61. The van der Waals surface area contributed by atoms with Crippen LogP contribution in [0.5, 0.6) is 5.75 Å². The normalized spacial score (nSPS) is 15.9. The van der Waals surface area contributed by atoms with Crippen molar-refractivity contribution in [1.82, 2.24) is 9.97 Å². The number of nitrogens with one attached hydrogen (secondary N) is 2. The third-order valence-electron chi connectivity index (χ3n) is 4.61. The first-order valence-corrected chi connectivity index (χ1v) is 9.00. The smallest absolute Gasteiger partial charge is 0.265 e. The van der Waals surface area contributed by atoms with Crippen molar-refractivity contribution in [3.8, 4) is 17.1 Å². The first kappa shape index (κ1) is 18.4. The quantitative estimate of drug-likeness (QED) is 0.655. The number of hydrazone groups is 1. The first-order chi connectivity index (χ1) is 14.1. The van der Waals surface area contributed by atoms with E-state index in [1.165, 1.54) is 5.01 Å². The number of hydrogen-bond acceptors (Lipinski definition) is 5. The van der Waals surface area contributed by atoms with Crippen LogP contribution in [0.1, 0.15) is 6.92 Å². The molecule has 29 heavy (non-hydrogen) atoms. The van der Waals surface area contributed by atoms with Crippen LogP contribution in [-0.2, 0) is 9.59 Å². The highest BCUT2D eigenvalue weighted by molar-refractivity contribution is 6.28. The summed E-state index contributed by atoms with van der Waals surface area (Å²) < 4.78 is 5.13. The number of rotatable bonds is 5. The number of hydrogen-bond donors (Lipinski definition) is 2. The summed E-state index contributed by atoms with van der Waals surface area (Å²) in [5.41, 5.74) is 2.42. The summed E-state index contributed by atoms with van der Waals surface area (Å²) in [5.74, 6) is -0.436. The Hall–Kier alpha value is -3.94. The lowest BCUT2D eigenvalue weighted by Gasteiger charge is -2.15. The van der Waals surface area contributed by atoms with Crippen molar-refractivity contribution in [2.24, 2.45) is 11.0 Å². The van der Waals surface area contributed by atoms with E-state index >= 15 is 0 Å². The summed E-state index contributed by atoms with van der Waals surface area (Å²) in [6.07, 6.45) is 3.39. The molecular weight excluding hydrogens is 370 g/mol. The SMILES string of the molecule is COc1ccc(N2N=C(C)C(C(=O)Nc3cccc(-c4ncc[nH]4)c3)C2=O)cc1. The summed E-state index contributed by atoms with van der Waals surface area (Å²) in [4.78, 5) is 32.9. The molecule has 1 aliphatic rings. The number of H-pyrrole nitrogens is 1. The van der Waals surface area contributed by atoms with Crippen LogP contribution < -0.4 is 15.1 Å². The van der Waals surface area contributed by atoms with E-state index in [4.69, 9.17) is 4.74 Å². The molecule has 1 unspecified atom stereocenters. The van der Waals surface area contributed by atoms with Crippen LogP contribution in [0.15, 0.2) is 66.0 Å². The van der Waals surface area contributed by atoms with Crippen molar-refractivity contribution in [2.75, 3.05) is 17.4 Å². The van der Waals surface area contributed by atoms with Gasteiger partial charge in [-0.2, -0.15) is 10.1 Å². The molecule has 0 saturated carbocycles. The average molecular weight is 389 g/mol. The molecule has 4 rings (SSSR count). The third kappa shape index (κ3) is 3.60. The van der Waals surface area contributed by atoms with E-state index in [9.17, 15) is 9.59 Å². The molecule has 8 nitrogen and oxygen atoms in total. The van der Waals surface area contributed by atoms with Crippen LogP contribution >= 0.6 is 0 Å². The van der Waals surface area contributed by atoms with Crippen LogP contribution in [0.2, 0.25) is 0 Å². The van der Waals surface area contributed by atoms with Gasteiger partial charge in [0.1, 0.15) is 11.6 Å². The molecule has 0 fully saturated rings. The van der Waals surface area contributed by atoms with E-state index in [-0.39, 0.29) is 0 Å². The Bertz CT molecular complexity index is 1070. The maximum atomic E-state index is 12.9. The molecule has 0 saturated heterocycles. The van der Waals surface area contributed by atoms with Gasteiger partial charge in [0.25, 0.3) is 5.91 Å². The fourth-order valence-corrected chi connectivity index (χ4v) is 3.16. The highest BCUT2D eigenvalue weighted by Crippen LogP contribution is 2.27. The molecule has 0 radical (unpaired) electrons. The first-order valence-electron chi connectivity index (χ1n) is 9.00. The second-order valence-electron chi connectivity index (χ2n) is 6.53. The van der Waals surface area contributed by atoms with Gasteiger partial charge in [-0.15, -0.1) is 0 Å². The number of ether oxygens (including phenoxy) is 1. The predicted molar refractivity (Wildman–Crippen MR) is 110 cm³/mol. The van der Waals surface area contributed by atoms with Crippen molar-refractivity contribution in [3.63, 3.8) is 0 Å². The Labute approximate surface area is 167 Å². The molecule has 2 heterocycles. The van der Waals surface area contributed by atoms with Gasteiger partial charge >= 0.3 is 0 Å². The van der Waals surface area contributed by atoms with Gasteiger partial charge in [0.15, 0.2) is 5.92 Å². The van der Waals surface area contributed by atoms with Gasteiger partial charge in [-0.25, -0.2) is 4.98 Å². The number of aromatic nitrogens is 2. The molecule has 146 valence electrons. The molecule has 1 atom stereocenters. The summed E-state index contributed by atoms with van der Waals surface area (Å²) in [7, 11) is 1.57. The lowest BCUT2D eigenvalue weighted by atomic mass is 10.0. The lowest BCUT2D eigenvalue weighted by molar-refractivity contribution is -0.127. The number of imidazole rings is 1. The van der Waals surface area contributed by atoms with Gasteiger partial charge in [0.2, 0.25) is 5.91 Å². The van der Waals surface area contributed by atoms with Gasteiger partial charge in [0, 0.05) is 23.6 Å². The van der Waals surface area contributed by atoms with Crippen LogP contribution in [0.4, 0.5) is 11.4 Å². The molecule has 3 aromatic rings. The molecule has 2 N–H and O–H groups in total. The van der Waals surface area contributed by atoms with Crippen LogP contribution in [0.3, 0.4) is 0 Å². The number of methoxy groups -OCH3 is 1. The average Bonchev–Trinajstić information content (AvgIpc) is 3.36. The molecule has 8 heteroatoms. The number of amides is 2. The highest BCUT2D eigenvalue weighted by Gasteiger charge is 2.39. The minimum absolute atomic E-state index is 0.396. The molecular formula is C21H19N5O3. The largest absolute Gasteiger partial charge is 0.497 e. The van der Waals surface area contributed by atoms with Crippen molar-refractivity contribution >= 4 is 28.9 Å². The maximum absolute atomic E-state index is 12.9. The van der Waals surface area contributed by atoms with Gasteiger partial charge in [-0.05, 0) is 43.3 Å². The molecule has 1 aromatic heterocycles. The van der Waals surface area contributed by atoms with Crippen LogP contribution in [0, 0.1) is 5.92 Å². The zero-order valence-electron chi connectivity index (χ0n) is 15.9. The molecule has 2 amide bonds. The van der Waals surface area contributed by atoms with E-state index in [0.29, 0.717) is 28.7 Å². The van der Waals surface area contributed by atoms with E-state index < -0.39 is 17.7 Å². The molecule has 1 aliphatic heterocycles. The number of carbonyl (C=O) groups excluding carboxylic acids is 2. The fraction of sp³-hybridized carbons (Fsp3) is 0.143. The molecule has 0 aliphatic carbocycles. The summed E-state index contributed by atoms with van der Waals surface area (Å²) in [5, 5.41) is 8.34. The Morgan fingerprint density at radius 3 is 2.69 bits per heavy atom. The summed E-state index contributed by atoms with van der Waals surface area (Å²) in [6, 6.07) is 14.2. The van der Waals surface area contributed by atoms with E-state index in [0.717, 1.165) is 5.56 Å². The zero-order chi connectivity index (χ0) is 20.4. The van der Waals surface area contributed by atoms with Gasteiger partial charge in [-0.3, -0.25) is 9.59 Å². The van der Waals surface area contributed by atoms with Crippen LogP contribution in [0.25, 0.3) is 11.4 Å². The maximum Gasteiger partial charge on any atom is 0.265 e. The van der Waals surface area contributed by atoms with Crippen molar-refractivity contribution in [1.29, 1.82) is 0 Å². The van der Waals surface area contributed by atoms with Crippen molar-refractivity contribution in [3.05, 3.63) is 60.9 Å². The summed E-state index contributed by atoms with van der Waals surface area (Å²) >= 11 is 0. The van der Waals surface area contributed by atoms with E-state index in [1.807, 2.05) is 12.1 Å². The number of nitrogens with zero attached hydrogens (tertiary/aromatic N) is 3. The topological polar surface area (TPSA) is 99.7 Å². The number of anilines is 2. The van der Waals surface area contributed by atoms with Crippen molar-refractivity contribution < 1.29 is 14.3 Å². The standard InChI is InChI=1S/C21H19N5O3/c1-13-18(21(28)26(25-13)16-6-8-17(29-2)9-7-16)20(27)24-15-5-3-4-14(12-15)19-22-10-11-23-19/h3-12,18H,1-2H3,(H,22,23)(H,24,27). The second kappa shape index (κ2) is 7.59. The van der Waals surface area contributed by atoms with E-state index in [1.54, 1.807) is 62.8 Å². The Balaban J connectivity index is 1.51. The minimum Gasteiger partial charge on any atom is -0.497 e. The monoisotopic (exact) mass is 389 g/mol.